The lowest BCUT2D eigenvalue weighted by molar-refractivity contribution is -0.183. The molecular formula is C11H18O4. The number of hydrogen-bond acceptors (Lipinski definition) is 3. The van der Waals surface area contributed by atoms with Gasteiger partial charge in [-0.1, -0.05) is 6.08 Å². The molecule has 86 valence electrons. The van der Waals surface area contributed by atoms with E-state index in [0.29, 0.717) is 6.42 Å². The topological polar surface area (TPSA) is 55.8 Å². The summed E-state index contributed by atoms with van der Waals surface area (Å²) in [6.07, 6.45) is 6.43. The van der Waals surface area contributed by atoms with Crippen LogP contribution in [0.4, 0.5) is 0 Å². The Bertz CT molecular complexity index is 219. The van der Waals surface area contributed by atoms with E-state index in [9.17, 15) is 4.79 Å². The van der Waals surface area contributed by atoms with E-state index in [0.717, 1.165) is 31.9 Å². The van der Waals surface area contributed by atoms with E-state index < -0.39 is 5.97 Å². The zero-order valence-electron chi connectivity index (χ0n) is 9.02. The zero-order valence-corrected chi connectivity index (χ0v) is 9.02. The maximum absolute atomic E-state index is 10.2. The lowest BCUT2D eigenvalue weighted by atomic mass is 10.2. The minimum atomic E-state index is -0.920. The third-order valence-corrected chi connectivity index (χ3v) is 2.25. The fourth-order valence-corrected chi connectivity index (χ4v) is 1.49. The Morgan fingerprint density at radius 2 is 2.47 bits per heavy atom. The molecule has 1 aliphatic rings. The third-order valence-electron chi connectivity index (χ3n) is 2.25. The summed E-state index contributed by atoms with van der Waals surface area (Å²) in [5, 5.41) is 8.40. The fourth-order valence-electron chi connectivity index (χ4n) is 1.49. The molecule has 1 N–H and O–H groups in total. The monoisotopic (exact) mass is 214 g/mol. The van der Waals surface area contributed by atoms with Crippen molar-refractivity contribution in [3.63, 3.8) is 0 Å². The Morgan fingerprint density at radius 3 is 3.07 bits per heavy atom. The molecule has 0 radical (unpaired) electrons. The zero-order chi connectivity index (χ0) is 11.1. The Kier molecular flexibility index (Phi) is 5.36. The van der Waals surface area contributed by atoms with Gasteiger partial charge in [-0.3, -0.25) is 0 Å². The molecule has 0 bridgehead atoms. The summed E-state index contributed by atoms with van der Waals surface area (Å²) >= 11 is 0. The van der Waals surface area contributed by atoms with Gasteiger partial charge in [0.1, 0.15) is 0 Å². The number of aliphatic carboxylic acids is 1. The molecule has 0 saturated carbocycles. The number of carboxylic acid groups (broad SMARTS) is 1. The first-order valence-electron chi connectivity index (χ1n) is 5.35. The maximum atomic E-state index is 10.2. The van der Waals surface area contributed by atoms with Crippen molar-refractivity contribution in [2.75, 3.05) is 6.61 Å². The van der Waals surface area contributed by atoms with Crippen molar-refractivity contribution in [2.24, 2.45) is 0 Å². The summed E-state index contributed by atoms with van der Waals surface area (Å²) in [4.78, 5) is 10.2. The van der Waals surface area contributed by atoms with Crippen LogP contribution in [0.3, 0.4) is 0 Å². The summed E-state index contributed by atoms with van der Waals surface area (Å²) in [6, 6.07) is 0. The van der Waals surface area contributed by atoms with Crippen LogP contribution in [-0.4, -0.2) is 30.1 Å². The number of ether oxygens (including phenoxy) is 2. The van der Waals surface area contributed by atoms with Crippen LogP contribution in [0, 0.1) is 0 Å². The van der Waals surface area contributed by atoms with E-state index in [1.807, 2.05) is 6.92 Å². The molecule has 0 aromatic heterocycles. The highest BCUT2D eigenvalue weighted by atomic mass is 16.7. The first kappa shape index (κ1) is 12.2. The van der Waals surface area contributed by atoms with Crippen LogP contribution in [0.5, 0.6) is 0 Å². The quantitative estimate of drug-likeness (QED) is 0.711. The van der Waals surface area contributed by atoms with Crippen molar-refractivity contribution < 1.29 is 19.4 Å². The summed E-state index contributed by atoms with van der Waals surface area (Å²) in [6.45, 7) is 2.69. The van der Waals surface area contributed by atoms with Crippen LogP contribution in [0.2, 0.25) is 0 Å². The van der Waals surface area contributed by atoms with E-state index in [1.54, 1.807) is 6.08 Å². The second-order valence-electron chi connectivity index (χ2n) is 3.72. The van der Waals surface area contributed by atoms with Gasteiger partial charge >= 0.3 is 5.97 Å². The second kappa shape index (κ2) is 6.58. The van der Waals surface area contributed by atoms with Crippen LogP contribution in [-0.2, 0) is 14.3 Å². The van der Waals surface area contributed by atoms with E-state index in [4.69, 9.17) is 14.6 Å². The van der Waals surface area contributed by atoms with Gasteiger partial charge in [-0.05, 0) is 32.6 Å². The summed E-state index contributed by atoms with van der Waals surface area (Å²) in [7, 11) is 0. The summed E-state index contributed by atoms with van der Waals surface area (Å²) in [5.41, 5.74) is 0. The SMILES string of the molecule is C[C@H](C/C=C/C(=O)O)OC1CCCCO1. The smallest absolute Gasteiger partial charge is 0.327 e. The summed E-state index contributed by atoms with van der Waals surface area (Å²) < 4.78 is 11.0. The molecule has 0 aromatic carbocycles. The Labute approximate surface area is 89.9 Å². The van der Waals surface area contributed by atoms with E-state index in [2.05, 4.69) is 0 Å². The van der Waals surface area contributed by atoms with Crippen molar-refractivity contribution in [3.05, 3.63) is 12.2 Å². The lowest BCUT2D eigenvalue weighted by Crippen LogP contribution is -2.26. The van der Waals surface area contributed by atoms with Crippen LogP contribution in [0.15, 0.2) is 12.2 Å². The number of carboxylic acids is 1. The molecule has 0 amide bonds. The van der Waals surface area contributed by atoms with Gasteiger partial charge in [0.05, 0.1) is 6.10 Å². The van der Waals surface area contributed by atoms with Gasteiger partial charge in [-0.15, -0.1) is 0 Å². The lowest BCUT2D eigenvalue weighted by Gasteiger charge is -2.25. The Hall–Kier alpha value is -0.870. The van der Waals surface area contributed by atoms with Crippen molar-refractivity contribution in [1.82, 2.24) is 0 Å². The van der Waals surface area contributed by atoms with Gasteiger partial charge in [0.25, 0.3) is 0 Å². The molecule has 0 aromatic rings. The number of hydrogen-bond donors (Lipinski definition) is 1. The van der Waals surface area contributed by atoms with Gasteiger partial charge in [0, 0.05) is 12.7 Å². The van der Waals surface area contributed by atoms with E-state index in [1.165, 1.54) is 0 Å². The Balaban J connectivity index is 2.16. The minimum Gasteiger partial charge on any atom is -0.478 e. The predicted molar refractivity (Wildman–Crippen MR) is 55.5 cm³/mol. The van der Waals surface area contributed by atoms with Gasteiger partial charge in [0.2, 0.25) is 0 Å². The van der Waals surface area contributed by atoms with Gasteiger partial charge < -0.3 is 14.6 Å². The van der Waals surface area contributed by atoms with Gasteiger partial charge in [-0.25, -0.2) is 4.79 Å². The van der Waals surface area contributed by atoms with E-state index >= 15 is 0 Å². The molecule has 1 fully saturated rings. The maximum Gasteiger partial charge on any atom is 0.327 e. The fraction of sp³-hybridized carbons (Fsp3) is 0.727. The molecule has 2 atom stereocenters. The van der Waals surface area contributed by atoms with Crippen molar-refractivity contribution >= 4 is 5.97 Å². The molecule has 4 nitrogen and oxygen atoms in total. The molecule has 1 unspecified atom stereocenters. The van der Waals surface area contributed by atoms with Crippen molar-refractivity contribution in [2.45, 2.75) is 45.0 Å². The normalized spacial score (nSPS) is 24.2. The summed E-state index contributed by atoms with van der Waals surface area (Å²) in [5.74, 6) is -0.920. The largest absolute Gasteiger partial charge is 0.478 e. The highest BCUT2D eigenvalue weighted by Crippen LogP contribution is 2.16. The standard InChI is InChI=1S/C11H18O4/c1-9(5-4-6-10(12)13)15-11-7-2-3-8-14-11/h4,6,9,11H,2-3,5,7-8H2,1H3,(H,12,13)/b6-4+/t9-,11?/m1/s1. The van der Waals surface area contributed by atoms with Crippen LogP contribution >= 0.6 is 0 Å². The highest BCUT2D eigenvalue weighted by Gasteiger charge is 2.16. The van der Waals surface area contributed by atoms with Crippen LogP contribution in [0.25, 0.3) is 0 Å². The highest BCUT2D eigenvalue weighted by molar-refractivity contribution is 5.79. The second-order valence-corrected chi connectivity index (χ2v) is 3.72. The number of rotatable bonds is 5. The van der Waals surface area contributed by atoms with Gasteiger partial charge in [-0.2, -0.15) is 0 Å². The predicted octanol–water partition coefficient (Wildman–Crippen LogP) is 1.95. The minimum absolute atomic E-state index is 0.00343. The number of carbonyl (C=O) groups is 1. The molecule has 1 rings (SSSR count). The average molecular weight is 214 g/mol. The molecule has 0 aliphatic carbocycles. The average Bonchev–Trinajstić information content (AvgIpc) is 2.18. The van der Waals surface area contributed by atoms with Crippen molar-refractivity contribution in [1.29, 1.82) is 0 Å². The first-order chi connectivity index (χ1) is 7.18. The molecule has 1 saturated heterocycles. The first-order valence-corrected chi connectivity index (χ1v) is 5.35. The Morgan fingerprint density at radius 1 is 1.67 bits per heavy atom. The van der Waals surface area contributed by atoms with Crippen LogP contribution < -0.4 is 0 Å². The molecule has 1 heterocycles. The van der Waals surface area contributed by atoms with Crippen molar-refractivity contribution in [3.8, 4) is 0 Å². The van der Waals surface area contributed by atoms with Crippen LogP contribution in [0.1, 0.15) is 32.6 Å². The molecule has 15 heavy (non-hydrogen) atoms. The molecule has 1 aliphatic heterocycles. The molecule has 4 heteroatoms. The molecular weight excluding hydrogens is 196 g/mol. The van der Waals surface area contributed by atoms with E-state index in [-0.39, 0.29) is 12.4 Å². The molecule has 0 spiro atoms. The van der Waals surface area contributed by atoms with Gasteiger partial charge in [0.15, 0.2) is 6.29 Å². The third kappa shape index (κ3) is 5.54.